The second kappa shape index (κ2) is 10.8. The smallest absolute Gasteiger partial charge is 0.416 e. The van der Waals surface area contributed by atoms with E-state index in [2.05, 4.69) is 31.2 Å². The molecule has 1 heterocycles. The van der Waals surface area contributed by atoms with Crippen molar-refractivity contribution in [3.63, 3.8) is 0 Å². The maximum Gasteiger partial charge on any atom is 0.416 e. The van der Waals surface area contributed by atoms with E-state index >= 15 is 0 Å². The second-order valence-corrected chi connectivity index (χ2v) is 11.4. The molecule has 1 N–H and O–H groups in total. The Hall–Kier alpha value is -1.93. The number of halogens is 3. The zero-order chi connectivity index (χ0) is 24.3. The molecule has 0 spiro atoms. The van der Waals surface area contributed by atoms with E-state index in [1.807, 2.05) is 0 Å². The van der Waals surface area contributed by atoms with Crippen LogP contribution >= 0.6 is 23.5 Å². The molecule has 1 aliphatic heterocycles. The molecule has 0 radical (unpaired) electrons. The van der Waals surface area contributed by atoms with Crippen molar-refractivity contribution < 1.29 is 23.1 Å². The van der Waals surface area contributed by atoms with Gasteiger partial charge in [0.1, 0.15) is 0 Å². The van der Waals surface area contributed by atoms with Gasteiger partial charge in [-0.1, -0.05) is 36.0 Å². The van der Waals surface area contributed by atoms with Crippen LogP contribution in [-0.2, 0) is 11.0 Å². The first-order valence-corrected chi connectivity index (χ1v) is 13.4. The Morgan fingerprint density at radius 3 is 2.29 bits per heavy atom. The van der Waals surface area contributed by atoms with Gasteiger partial charge in [0.15, 0.2) is 0 Å². The van der Waals surface area contributed by atoms with E-state index in [0.717, 1.165) is 54.2 Å². The molecule has 0 bridgehead atoms. The summed E-state index contributed by atoms with van der Waals surface area (Å²) in [7, 11) is 0. The molecular formula is C26H28F3NO2S2. The topological polar surface area (TPSA) is 49.7 Å². The van der Waals surface area contributed by atoms with Crippen molar-refractivity contribution in [1.29, 1.82) is 0 Å². The highest BCUT2D eigenvalue weighted by molar-refractivity contribution is 8.16. The molecule has 2 aromatic carbocycles. The van der Waals surface area contributed by atoms with Crippen molar-refractivity contribution in [2.24, 2.45) is 10.9 Å². The number of carbonyl (C=O) groups is 1. The van der Waals surface area contributed by atoms with E-state index in [-0.39, 0.29) is 17.7 Å². The predicted molar refractivity (Wildman–Crippen MR) is 133 cm³/mol. The van der Waals surface area contributed by atoms with Crippen LogP contribution in [0.3, 0.4) is 0 Å². The average Bonchev–Trinajstić information content (AvgIpc) is 3.18. The minimum absolute atomic E-state index is 0.107. The molecule has 1 aliphatic carbocycles. The van der Waals surface area contributed by atoms with E-state index in [1.54, 1.807) is 23.5 Å². The van der Waals surface area contributed by atoms with E-state index in [1.165, 1.54) is 22.6 Å². The van der Waals surface area contributed by atoms with Gasteiger partial charge in [0.2, 0.25) is 0 Å². The van der Waals surface area contributed by atoms with Crippen molar-refractivity contribution in [3.8, 4) is 0 Å². The number of nitrogens with zero attached hydrogens (tertiary/aromatic N) is 1. The summed E-state index contributed by atoms with van der Waals surface area (Å²) >= 11 is 3.42. The molecule has 2 unspecified atom stereocenters. The quantitative estimate of drug-likeness (QED) is 0.394. The number of rotatable bonds is 7. The SMILES string of the molecule is CC1N=C(c2ccc(C(F)(F)F)cc2)SC1CSc1ccc(C2CCC(CC(=O)O)CC2)cc1. The van der Waals surface area contributed by atoms with Gasteiger partial charge in [-0.25, -0.2) is 0 Å². The highest BCUT2D eigenvalue weighted by atomic mass is 32.2. The predicted octanol–water partition coefficient (Wildman–Crippen LogP) is 7.50. The minimum Gasteiger partial charge on any atom is -0.481 e. The van der Waals surface area contributed by atoms with Crippen LogP contribution in [0.15, 0.2) is 58.4 Å². The summed E-state index contributed by atoms with van der Waals surface area (Å²) in [6, 6.07) is 14.1. The van der Waals surface area contributed by atoms with E-state index in [0.29, 0.717) is 11.8 Å². The van der Waals surface area contributed by atoms with Gasteiger partial charge < -0.3 is 5.11 Å². The number of benzene rings is 2. The summed E-state index contributed by atoms with van der Waals surface area (Å²) < 4.78 is 38.4. The number of carboxylic acid groups (broad SMARTS) is 1. The van der Waals surface area contributed by atoms with Crippen LogP contribution in [0.2, 0.25) is 0 Å². The lowest BCUT2D eigenvalue weighted by atomic mass is 9.77. The lowest BCUT2D eigenvalue weighted by Crippen LogP contribution is -2.16. The van der Waals surface area contributed by atoms with E-state index in [4.69, 9.17) is 10.1 Å². The monoisotopic (exact) mass is 507 g/mol. The molecule has 34 heavy (non-hydrogen) atoms. The molecule has 3 nitrogen and oxygen atoms in total. The Labute approximate surface area is 206 Å². The summed E-state index contributed by atoms with van der Waals surface area (Å²) in [6.07, 6.45) is 0.00162. The molecule has 0 saturated heterocycles. The highest BCUT2D eigenvalue weighted by Gasteiger charge is 2.31. The van der Waals surface area contributed by atoms with E-state index in [9.17, 15) is 18.0 Å². The molecule has 2 atom stereocenters. The van der Waals surface area contributed by atoms with Crippen molar-refractivity contribution in [2.45, 2.75) is 67.3 Å². The van der Waals surface area contributed by atoms with Crippen molar-refractivity contribution in [2.75, 3.05) is 5.75 Å². The fourth-order valence-electron chi connectivity index (χ4n) is 4.62. The average molecular weight is 508 g/mol. The van der Waals surface area contributed by atoms with Crippen LogP contribution < -0.4 is 0 Å². The summed E-state index contributed by atoms with van der Waals surface area (Å²) in [5.74, 6) is 0.994. The number of carboxylic acids is 1. The van der Waals surface area contributed by atoms with Crippen molar-refractivity contribution >= 4 is 34.5 Å². The minimum atomic E-state index is -4.33. The Morgan fingerprint density at radius 2 is 1.71 bits per heavy atom. The van der Waals surface area contributed by atoms with Crippen LogP contribution in [0, 0.1) is 5.92 Å². The van der Waals surface area contributed by atoms with Gasteiger partial charge in [-0.2, -0.15) is 13.2 Å². The fraction of sp³-hybridized carbons (Fsp3) is 0.462. The Balaban J connectivity index is 1.27. The number of hydrogen-bond acceptors (Lipinski definition) is 4. The van der Waals surface area contributed by atoms with Gasteiger partial charge in [-0.15, -0.1) is 11.8 Å². The molecule has 4 rings (SSSR count). The first kappa shape index (κ1) is 25.2. The first-order valence-electron chi connectivity index (χ1n) is 11.6. The van der Waals surface area contributed by atoms with Gasteiger partial charge >= 0.3 is 12.1 Å². The Bertz CT molecular complexity index is 1010. The number of aliphatic carboxylic acids is 1. The standard InChI is InChI=1S/C26H28F3NO2S2/c1-16-23(34-25(30-16)20-6-10-21(11-7-20)26(27,28)29)15-33-22-12-8-19(9-13-22)18-4-2-17(3-5-18)14-24(31)32/h6-13,16-18,23H,2-5,14-15H2,1H3,(H,31,32). The lowest BCUT2D eigenvalue weighted by Gasteiger charge is -2.28. The van der Waals surface area contributed by atoms with Gasteiger partial charge in [0.05, 0.1) is 16.6 Å². The maximum atomic E-state index is 12.8. The third-order valence-corrected chi connectivity index (χ3v) is 9.43. The molecule has 182 valence electrons. The molecular weight excluding hydrogens is 479 g/mol. The zero-order valence-corrected chi connectivity index (χ0v) is 20.6. The van der Waals surface area contributed by atoms with Crippen LogP contribution in [0.5, 0.6) is 0 Å². The maximum absolute atomic E-state index is 12.8. The number of thioether (sulfide) groups is 2. The van der Waals surface area contributed by atoms with Gasteiger partial charge in [0, 0.05) is 27.9 Å². The molecule has 2 aliphatic rings. The van der Waals surface area contributed by atoms with Crippen LogP contribution in [0.4, 0.5) is 13.2 Å². The third kappa shape index (κ3) is 6.39. The molecule has 1 fully saturated rings. The molecule has 1 saturated carbocycles. The third-order valence-electron chi connectivity index (χ3n) is 6.66. The summed E-state index contributed by atoms with van der Waals surface area (Å²) in [5.41, 5.74) is 1.42. The molecule has 0 aromatic heterocycles. The van der Waals surface area contributed by atoms with E-state index < -0.39 is 17.7 Å². The van der Waals surface area contributed by atoms with Crippen LogP contribution in [0.25, 0.3) is 0 Å². The van der Waals surface area contributed by atoms with Crippen LogP contribution in [-0.4, -0.2) is 33.2 Å². The lowest BCUT2D eigenvalue weighted by molar-refractivity contribution is -0.139. The van der Waals surface area contributed by atoms with Crippen molar-refractivity contribution in [1.82, 2.24) is 0 Å². The summed E-state index contributed by atoms with van der Waals surface area (Å²) in [6.45, 7) is 2.05. The fourth-order valence-corrected chi connectivity index (χ4v) is 7.10. The highest BCUT2D eigenvalue weighted by Crippen LogP contribution is 2.39. The number of alkyl halides is 3. The van der Waals surface area contributed by atoms with Crippen LogP contribution in [0.1, 0.15) is 61.6 Å². The normalized spacial score (nSPS) is 25.2. The molecule has 0 amide bonds. The van der Waals surface area contributed by atoms with Gasteiger partial charge in [-0.3, -0.25) is 9.79 Å². The van der Waals surface area contributed by atoms with Gasteiger partial charge in [0.25, 0.3) is 0 Å². The summed E-state index contributed by atoms with van der Waals surface area (Å²) in [5, 5.41) is 10.1. The second-order valence-electron chi connectivity index (χ2n) is 9.10. The molecule has 8 heteroatoms. The van der Waals surface area contributed by atoms with Gasteiger partial charge in [-0.05, 0) is 74.3 Å². The summed E-state index contributed by atoms with van der Waals surface area (Å²) in [4.78, 5) is 16.8. The van der Waals surface area contributed by atoms with Crippen molar-refractivity contribution in [3.05, 3.63) is 65.2 Å². The number of aliphatic imine (C=N–C) groups is 1. The molecule has 2 aromatic rings. The zero-order valence-electron chi connectivity index (χ0n) is 18.9. The Kier molecular flexibility index (Phi) is 7.97. The largest absolute Gasteiger partial charge is 0.481 e. The number of hydrogen-bond donors (Lipinski definition) is 1. The first-order chi connectivity index (χ1) is 16.2. The Morgan fingerprint density at radius 1 is 1.06 bits per heavy atom.